The zero-order chi connectivity index (χ0) is 12.8. The summed E-state index contributed by atoms with van der Waals surface area (Å²) in [6, 6.07) is 4.81. The van der Waals surface area contributed by atoms with Crippen molar-refractivity contribution in [1.29, 1.82) is 0 Å². The molecule has 0 saturated heterocycles. The Bertz CT molecular complexity index is 469. The van der Waals surface area contributed by atoms with Gasteiger partial charge in [-0.05, 0) is 17.7 Å². The predicted octanol–water partition coefficient (Wildman–Crippen LogP) is 2.68. The second-order valence-corrected chi connectivity index (χ2v) is 3.84. The second-order valence-electron chi connectivity index (χ2n) is 3.03. The normalized spacial score (nSPS) is 10.5. The number of hydrogen-bond donors (Lipinski definition) is 1. The summed E-state index contributed by atoms with van der Waals surface area (Å²) >= 11 is 11.5. The van der Waals surface area contributed by atoms with Gasteiger partial charge in [-0.15, -0.1) is 0 Å². The lowest BCUT2D eigenvalue weighted by molar-refractivity contribution is -0.139. The molecule has 90 valence electrons. The van der Waals surface area contributed by atoms with Crippen LogP contribution in [0.15, 0.2) is 30.4 Å². The summed E-state index contributed by atoms with van der Waals surface area (Å²) in [4.78, 5) is 21.2. The fraction of sp³-hybridized carbons (Fsp3) is 0.0909. The molecule has 0 unspecified atom stereocenters. The lowest BCUT2D eigenvalue weighted by atomic mass is 10.2. The highest BCUT2D eigenvalue weighted by Crippen LogP contribution is 2.22. The van der Waals surface area contributed by atoms with Crippen molar-refractivity contribution in [3.05, 3.63) is 46.0 Å². The van der Waals surface area contributed by atoms with E-state index in [1.807, 2.05) is 0 Å². The van der Waals surface area contributed by atoms with Gasteiger partial charge in [-0.2, -0.15) is 0 Å². The van der Waals surface area contributed by atoms with Crippen molar-refractivity contribution >= 4 is 35.1 Å². The summed E-state index contributed by atoms with van der Waals surface area (Å²) in [5.74, 6) is -1.95. The van der Waals surface area contributed by atoms with Crippen molar-refractivity contribution < 1.29 is 19.4 Å². The third-order valence-corrected chi connectivity index (χ3v) is 2.47. The molecule has 0 saturated carbocycles. The molecule has 6 heteroatoms. The minimum absolute atomic E-state index is 0.000316. The van der Waals surface area contributed by atoms with Crippen LogP contribution in [0.2, 0.25) is 10.0 Å². The first kappa shape index (κ1) is 13.5. The van der Waals surface area contributed by atoms with E-state index in [0.717, 1.165) is 6.08 Å². The van der Waals surface area contributed by atoms with E-state index in [1.54, 1.807) is 18.2 Å². The molecule has 0 aliphatic carbocycles. The molecule has 17 heavy (non-hydrogen) atoms. The van der Waals surface area contributed by atoms with E-state index in [4.69, 9.17) is 33.0 Å². The van der Waals surface area contributed by atoms with E-state index in [2.05, 4.69) is 0 Å². The fourth-order valence-corrected chi connectivity index (χ4v) is 1.29. The van der Waals surface area contributed by atoms with Crippen molar-refractivity contribution in [3.8, 4) is 0 Å². The van der Waals surface area contributed by atoms with Gasteiger partial charge in [0.2, 0.25) is 0 Å². The van der Waals surface area contributed by atoms with E-state index >= 15 is 0 Å². The molecule has 0 aliphatic rings. The molecule has 0 amide bonds. The van der Waals surface area contributed by atoms with E-state index < -0.39 is 11.9 Å². The van der Waals surface area contributed by atoms with Crippen LogP contribution in [0.25, 0.3) is 0 Å². The molecule has 4 nitrogen and oxygen atoms in total. The SMILES string of the molecule is O=C(O)/C=C\C(=O)OCc1ccc(Cl)c(Cl)c1. The largest absolute Gasteiger partial charge is 0.478 e. The van der Waals surface area contributed by atoms with Gasteiger partial charge in [-0.3, -0.25) is 0 Å². The molecule has 0 aliphatic heterocycles. The number of carbonyl (C=O) groups is 2. The number of halogens is 2. The Morgan fingerprint density at radius 3 is 2.53 bits per heavy atom. The van der Waals surface area contributed by atoms with Gasteiger partial charge in [0, 0.05) is 12.2 Å². The number of carboxylic acids is 1. The van der Waals surface area contributed by atoms with Gasteiger partial charge in [-0.25, -0.2) is 9.59 Å². The predicted molar refractivity (Wildman–Crippen MR) is 63.0 cm³/mol. The van der Waals surface area contributed by atoms with Crippen molar-refractivity contribution in [2.75, 3.05) is 0 Å². The number of esters is 1. The van der Waals surface area contributed by atoms with Crippen molar-refractivity contribution in [2.24, 2.45) is 0 Å². The molecule has 0 spiro atoms. The van der Waals surface area contributed by atoms with Crippen LogP contribution in [-0.2, 0) is 20.9 Å². The van der Waals surface area contributed by atoms with Crippen molar-refractivity contribution in [2.45, 2.75) is 6.61 Å². The van der Waals surface area contributed by atoms with Gasteiger partial charge in [0.1, 0.15) is 6.61 Å². The zero-order valence-electron chi connectivity index (χ0n) is 8.52. The van der Waals surface area contributed by atoms with Gasteiger partial charge in [-0.1, -0.05) is 29.3 Å². The number of rotatable bonds is 4. The Morgan fingerprint density at radius 2 is 1.94 bits per heavy atom. The summed E-state index contributed by atoms with van der Waals surface area (Å²) in [5, 5.41) is 9.06. The molecular formula is C11H8Cl2O4. The van der Waals surface area contributed by atoms with Crippen LogP contribution in [0.3, 0.4) is 0 Å². The maximum atomic E-state index is 11.0. The van der Waals surface area contributed by atoms with Crippen LogP contribution in [0.5, 0.6) is 0 Å². The van der Waals surface area contributed by atoms with Gasteiger partial charge < -0.3 is 9.84 Å². The summed E-state index contributed by atoms with van der Waals surface area (Å²) in [6.45, 7) is -0.000316. The molecule has 0 aromatic heterocycles. The summed E-state index contributed by atoms with van der Waals surface area (Å²) in [6.07, 6.45) is 1.54. The topological polar surface area (TPSA) is 63.6 Å². The summed E-state index contributed by atoms with van der Waals surface area (Å²) < 4.78 is 4.78. The third-order valence-electron chi connectivity index (χ3n) is 1.73. The molecule has 0 bridgehead atoms. The first-order valence-corrected chi connectivity index (χ1v) is 5.26. The highest BCUT2D eigenvalue weighted by atomic mass is 35.5. The van der Waals surface area contributed by atoms with Gasteiger partial charge in [0.25, 0.3) is 0 Å². The molecule has 1 aromatic rings. The average molecular weight is 275 g/mol. The standard InChI is InChI=1S/C11H8Cl2O4/c12-8-2-1-7(5-9(8)13)6-17-11(16)4-3-10(14)15/h1-5H,6H2,(H,14,15)/b4-3-. The second kappa shape index (κ2) is 6.27. The number of hydrogen-bond acceptors (Lipinski definition) is 3. The van der Waals surface area contributed by atoms with Crippen LogP contribution >= 0.6 is 23.2 Å². The molecule has 1 aromatic carbocycles. The highest BCUT2D eigenvalue weighted by molar-refractivity contribution is 6.42. The van der Waals surface area contributed by atoms with E-state index in [1.165, 1.54) is 0 Å². The number of ether oxygens (including phenoxy) is 1. The van der Waals surface area contributed by atoms with Crippen LogP contribution < -0.4 is 0 Å². The Labute approximate surface area is 107 Å². The van der Waals surface area contributed by atoms with Crippen LogP contribution in [-0.4, -0.2) is 17.0 Å². The number of benzene rings is 1. The molecule has 0 radical (unpaired) electrons. The number of carboxylic acid groups (broad SMARTS) is 1. The third kappa shape index (κ3) is 4.89. The summed E-state index contributed by atoms with van der Waals surface area (Å²) in [5.41, 5.74) is 0.663. The lowest BCUT2D eigenvalue weighted by Gasteiger charge is -2.03. The van der Waals surface area contributed by atoms with Crippen LogP contribution in [0.1, 0.15) is 5.56 Å². The van der Waals surface area contributed by atoms with Gasteiger partial charge in [0.15, 0.2) is 0 Å². The number of carbonyl (C=O) groups excluding carboxylic acids is 1. The molecular weight excluding hydrogens is 267 g/mol. The Morgan fingerprint density at radius 1 is 1.24 bits per heavy atom. The van der Waals surface area contributed by atoms with Crippen molar-refractivity contribution in [1.82, 2.24) is 0 Å². The monoisotopic (exact) mass is 274 g/mol. The van der Waals surface area contributed by atoms with E-state index in [9.17, 15) is 9.59 Å². The number of aliphatic carboxylic acids is 1. The van der Waals surface area contributed by atoms with E-state index in [0.29, 0.717) is 21.7 Å². The minimum Gasteiger partial charge on any atom is -0.478 e. The van der Waals surface area contributed by atoms with Crippen molar-refractivity contribution in [3.63, 3.8) is 0 Å². The first-order chi connectivity index (χ1) is 7.99. The summed E-state index contributed by atoms with van der Waals surface area (Å²) in [7, 11) is 0. The molecule has 1 N–H and O–H groups in total. The maximum absolute atomic E-state index is 11.0. The van der Waals surface area contributed by atoms with E-state index in [-0.39, 0.29) is 6.61 Å². The Hall–Kier alpha value is -1.52. The first-order valence-electron chi connectivity index (χ1n) is 4.50. The minimum atomic E-state index is -1.21. The molecule has 1 rings (SSSR count). The molecule has 0 atom stereocenters. The lowest BCUT2D eigenvalue weighted by Crippen LogP contribution is -2.02. The van der Waals surface area contributed by atoms with Gasteiger partial charge in [0.05, 0.1) is 10.0 Å². The fourth-order valence-electron chi connectivity index (χ4n) is 0.971. The zero-order valence-corrected chi connectivity index (χ0v) is 10.0. The maximum Gasteiger partial charge on any atom is 0.331 e. The van der Waals surface area contributed by atoms with Crippen LogP contribution in [0, 0.1) is 0 Å². The quantitative estimate of drug-likeness (QED) is 0.677. The Balaban J connectivity index is 2.53. The molecule has 0 heterocycles. The Kier molecular flexibility index (Phi) is 5.00. The van der Waals surface area contributed by atoms with Gasteiger partial charge >= 0.3 is 11.9 Å². The smallest absolute Gasteiger partial charge is 0.331 e. The molecule has 0 fully saturated rings. The highest BCUT2D eigenvalue weighted by Gasteiger charge is 2.02. The van der Waals surface area contributed by atoms with Crippen LogP contribution in [0.4, 0.5) is 0 Å². The average Bonchev–Trinajstić information content (AvgIpc) is 2.28.